The number of hydrogen-bond donors (Lipinski definition) is 0. The van der Waals surface area contributed by atoms with Crippen LogP contribution in [0.15, 0.2) is 35.9 Å². The number of rotatable bonds is 0. The smallest absolute Gasteiger partial charge is 0.138 e. The Bertz CT molecular complexity index is 1040. The minimum atomic E-state index is 0.950. The average Bonchev–Trinajstić information content (AvgIpc) is 2.61. The van der Waals surface area contributed by atoms with Crippen LogP contribution in [0.25, 0.3) is 17.9 Å². The summed E-state index contributed by atoms with van der Waals surface area (Å²) in [5.41, 5.74) is 8.32. The minimum absolute atomic E-state index is 0.950. The number of fused-ring (bicyclic) bond motifs is 4. The number of ether oxygens (including phenoxy) is 1. The van der Waals surface area contributed by atoms with E-state index in [0.717, 1.165) is 42.5 Å². The van der Waals surface area contributed by atoms with Crippen molar-refractivity contribution >= 4 is 23.6 Å². The van der Waals surface area contributed by atoms with Gasteiger partial charge in [-0.1, -0.05) is 18.7 Å². The molecule has 2 nitrogen and oxygen atoms in total. The van der Waals surface area contributed by atoms with Crippen molar-refractivity contribution in [1.82, 2.24) is 0 Å². The molecular weight excluding hydrogens is 306 g/mol. The van der Waals surface area contributed by atoms with Gasteiger partial charge in [-0.2, -0.15) is 0 Å². The number of aryl methyl sites for hydroxylation is 2. The SMILES string of the molecule is C=c1ccc2c(c1)OC1=C(CCc3cc4c(cc31)CCCN4C)C=2C. The van der Waals surface area contributed by atoms with Crippen LogP contribution in [0, 0.1) is 0 Å². The lowest BCUT2D eigenvalue weighted by Gasteiger charge is -2.32. The molecule has 0 saturated heterocycles. The van der Waals surface area contributed by atoms with Gasteiger partial charge in [0.25, 0.3) is 0 Å². The monoisotopic (exact) mass is 329 g/mol. The van der Waals surface area contributed by atoms with E-state index in [1.165, 1.54) is 45.2 Å². The van der Waals surface area contributed by atoms with Crippen molar-refractivity contribution in [2.45, 2.75) is 32.6 Å². The summed E-state index contributed by atoms with van der Waals surface area (Å²) < 4.78 is 6.44. The van der Waals surface area contributed by atoms with Crippen LogP contribution in [0.1, 0.15) is 36.5 Å². The molecule has 0 N–H and O–H groups in total. The molecule has 0 saturated carbocycles. The lowest BCUT2D eigenvalue weighted by Crippen LogP contribution is -2.27. The summed E-state index contributed by atoms with van der Waals surface area (Å²) in [4.78, 5) is 2.40. The summed E-state index contributed by atoms with van der Waals surface area (Å²) in [5, 5.41) is 2.21. The fourth-order valence-electron chi connectivity index (χ4n) is 4.52. The van der Waals surface area contributed by atoms with Crippen molar-refractivity contribution < 1.29 is 4.74 Å². The largest absolute Gasteiger partial charge is 0.456 e. The molecule has 126 valence electrons. The lowest BCUT2D eigenvalue weighted by molar-refractivity contribution is 0.495. The predicted molar refractivity (Wildman–Crippen MR) is 104 cm³/mol. The third kappa shape index (κ3) is 2.17. The Balaban J connectivity index is 1.72. The van der Waals surface area contributed by atoms with Crippen LogP contribution in [-0.2, 0) is 12.8 Å². The summed E-state index contributed by atoms with van der Waals surface area (Å²) >= 11 is 0. The predicted octanol–water partition coefficient (Wildman–Crippen LogP) is 3.40. The molecule has 0 radical (unpaired) electrons. The van der Waals surface area contributed by atoms with E-state index >= 15 is 0 Å². The lowest BCUT2D eigenvalue weighted by atomic mass is 9.83. The van der Waals surface area contributed by atoms with Gasteiger partial charge in [0.2, 0.25) is 0 Å². The van der Waals surface area contributed by atoms with Crippen molar-refractivity contribution in [2.24, 2.45) is 0 Å². The molecule has 2 heteroatoms. The Morgan fingerprint density at radius 3 is 2.80 bits per heavy atom. The normalized spacial score (nSPS) is 18.2. The summed E-state index contributed by atoms with van der Waals surface area (Å²) in [5.74, 6) is 2.03. The first-order valence-electron chi connectivity index (χ1n) is 9.20. The van der Waals surface area contributed by atoms with Crippen molar-refractivity contribution in [2.75, 3.05) is 18.5 Å². The number of benzene rings is 2. The maximum atomic E-state index is 6.44. The molecule has 0 amide bonds. The number of anilines is 1. The van der Waals surface area contributed by atoms with Crippen LogP contribution in [0.2, 0.25) is 0 Å². The first-order chi connectivity index (χ1) is 12.1. The third-order valence-electron chi connectivity index (χ3n) is 5.93. The second-order valence-corrected chi connectivity index (χ2v) is 7.53. The Morgan fingerprint density at radius 1 is 1.04 bits per heavy atom. The zero-order valence-corrected chi connectivity index (χ0v) is 15.0. The molecule has 0 aromatic heterocycles. The quantitative estimate of drug-likeness (QED) is 0.734. The molecule has 0 bridgehead atoms. The molecule has 0 atom stereocenters. The van der Waals surface area contributed by atoms with Crippen LogP contribution in [0.4, 0.5) is 5.69 Å². The summed E-state index contributed by atoms with van der Waals surface area (Å²) in [6.07, 6.45) is 4.55. The maximum Gasteiger partial charge on any atom is 0.138 e. The fourth-order valence-corrected chi connectivity index (χ4v) is 4.52. The number of hydrogen-bond acceptors (Lipinski definition) is 2. The van der Waals surface area contributed by atoms with Gasteiger partial charge >= 0.3 is 0 Å². The van der Waals surface area contributed by atoms with Gasteiger partial charge in [-0.15, -0.1) is 0 Å². The zero-order chi connectivity index (χ0) is 17.1. The standard InChI is InChI=1S/C23H23NO/c1-14-6-8-18-15(2)19-9-7-16-13-21-17(5-4-10-24(21)3)12-20(16)23(19)25-22(18)11-14/h6,8,11-13H,1,4-5,7,9-10H2,2-3H3. The van der Waals surface area contributed by atoms with E-state index < -0.39 is 0 Å². The third-order valence-corrected chi connectivity index (χ3v) is 5.93. The van der Waals surface area contributed by atoms with E-state index in [9.17, 15) is 0 Å². The second kappa shape index (κ2) is 5.26. The summed E-state index contributed by atoms with van der Waals surface area (Å²) in [6, 6.07) is 11.1. The van der Waals surface area contributed by atoms with E-state index in [4.69, 9.17) is 4.74 Å². The number of allylic oxidation sites excluding steroid dienone is 1. The maximum absolute atomic E-state index is 6.44. The molecule has 0 spiro atoms. The first-order valence-corrected chi connectivity index (χ1v) is 9.20. The first kappa shape index (κ1) is 14.8. The topological polar surface area (TPSA) is 12.5 Å². The van der Waals surface area contributed by atoms with Gasteiger partial charge in [-0.3, -0.25) is 0 Å². The highest BCUT2D eigenvalue weighted by Crippen LogP contribution is 2.41. The minimum Gasteiger partial charge on any atom is -0.456 e. The molecule has 2 aromatic rings. The molecule has 2 aromatic carbocycles. The fraction of sp³-hybridized carbons (Fsp3) is 0.304. The highest BCUT2D eigenvalue weighted by atomic mass is 16.5. The van der Waals surface area contributed by atoms with Gasteiger partial charge in [0.05, 0.1) is 0 Å². The summed E-state index contributed by atoms with van der Waals surface area (Å²) in [7, 11) is 2.21. The zero-order valence-electron chi connectivity index (χ0n) is 15.0. The van der Waals surface area contributed by atoms with Gasteiger partial charge in [0, 0.05) is 30.1 Å². The van der Waals surface area contributed by atoms with Crippen molar-refractivity contribution in [1.29, 1.82) is 0 Å². The van der Waals surface area contributed by atoms with Crippen LogP contribution in [0.3, 0.4) is 0 Å². The highest BCUT2D eigenvalue weighted by Gasteiger charge is 2.28. The molecule has 1 aliphatic carbocycles. The van der Waals surface area contributed by atoms with Crippen LogP contribution in [0.5, 0.6) is 5.75 Å². The Hall–Kier alpha value is -2.48. The molecule has 25 heavy (non-hydrogen) atoms. The van der Waals surface area contributed by atoms with Crippen LogP contribution >= 0.6 is 0 Å². The van der Waals surface area contributed by atoms with E-state index in [2.05, 4.69) is 55.8 Å². The molecule has 5 rings (SSSR count). The van der Waals surface area contributed by atoms with E-state index in [1.54, 1.807) is 0 Å². The van der Waals surface area contributed by atoms with E-state index in [1.807, 2.05) is 0 Å². The van der Waals surface area contributed by atoms with Crippen molar-refractivity contribution in [3.8, 4) is 5.75 Å². The van der Waals surface area contributed by atoms with Gasteiger partial charge in [-0.05, 0) is 78.3 Å². The van der Waals surface area contributed by atoms with Crippen molar-refractivity contribution in [3.05, 3.63) is 63.0 Å². The number of nitrogens with zero attached hydrogens (tertiary/aromatic N) is 1. The van der Waals surface area contributed by atoms with Crippen LogP contribution < -0.4 is 20.1 Å². The molecule has 0 fully saturated rings. The van der Waals surface area contributed by atoms with E-state index in [-0.39, 0.29) is 0 Å². The van der Waals surface area contributed by atoms with Gasteiger partial charge in [0.1, 0.15) is 11.5 Å². The van der Waals surface area contributed by atoms with Gasteiger partial charge in [-0.25, -0.2) is 0 Å². The Kier molecular flexibility index (Phi) is 3.12. The molecular formula is C23H23NO. The van der Waals surface area contributed by atoms with Gasteiger partial charge in [0.15, 0.2) is 0 Å². The van der Waals surface area contributed by atoms with Crippen LogP contribution in [-0.4, -0.2) is 13.6 Å². The van der Waals surface area contributed by atoms with Crippen molar-refractivity contribution in [3.63, 3.8) is 0 Å². The van der Waals surface area contributed by atoms with Gasteiger partial charge < -0.3 is 9.64 Å². The second-order valence-electron chi connectivity index (χ2n) is 7.53. The molecule has 2 aliphatic heterocycles. The highest BCUT2D eigenvalue weighted by molar-refractivity contribution is 5.85. The molecule has 0 unspecified atom stereocenters. The van der Waals surface area contributed by atoms with E-state index in [0.29, 0.717) is 0 Å². The Labute approximate surface area is 148 Å². The average molecular weight is 329 g/mol. The Morgan fingerprint density at radius 2 is 1.92 bits per heavy atom. The molecule has 2 heterocycles. The summed E-state index contributed by atoms with van der Waals surface area (Å²) in [6.45, 7) is 7.45. The molecule has 3 aliphatic rings.